The molecule has 0 spiro atoms. The van der Waals surface area contributed by atoms with Gasteiger partial charge in [0.1, 0.15) is 11.7 Å². The minimum absolute atomic E-state index is 0.264. The van der Waals surface area contributed by atoms with Crippen LogP contribution in [-0.4, -0.2) is 45.5 Å². The maximum absolute atomic E-state index is 12.7. The van der Waals surface area contributed by atoms with Gasteiger partial charge >= 0.3 is 6.09 Å². The molecule has 1 aromatic carbocycles. The molecule has 9 heteroatoms. The van der Waals surface area contributed by atoms with Gasteiger partial charge in [-0.1, -0.05) is 30.4 Å². The molecule has 1 aliphatic rings. The topological polar surface area (TPSA) is 104 Å². The highest BCUT2D eigenvalue weighted by atomic mass is 32.1. The summed E-state index contributed by atoms with van der Waals surface area (Å²) in [4.78, 5) is 29.4. The van der Waals surface area contributed by atoms with E-state index in [2.05, 4.69) is 15.6 Å². The standard InChI is InChI=1S/C20H20N4O4S/c1-28-17-10-21-8-7-13(17)9-22-15-11-24(20(26)27)12-16(25)18(15)19(29)23-14-5-3-2-4-6-14/h2-8,10-11,18,22H,9,12H2,1H3,(H,23,29)(H,26,27). The molecule has 3 rings (SSSR count). The minimum Gasteiger partial charge on any atom is -0.495 e. The number of para-hydroxylation sites is 1. The van der Waals surface area contributed by atoms with Crippen LogP contribution < -0.4 is 15.4 Å². The molecule has 1 unspecified atom stereocenters. The number of Topliss-reactive ketones (excluding diaryl/α,β-unsaturated/α-hetero) is 1. The van der Waals surface area contributed by atoms with E-state index in [-0.39, 0.29) is 12.3 Å². The maximum Gasteiger partial charge on any atom is 0.411 e. The Bertz CT molecular complexity index is 949. The first-order chi connectivity index (χ1) is 14.0. The fourth-order valence-electron chi connectivity index (χ4n) is 2.95. The smallest absolute Gasteiger partial charge is 0.411 e. The Balaban J connectivity index is 1.84. The van der Waals surface area contributed by atoms with Crippen molar-refractivity contribution in [2.45, 2.75) is 6.54 Å². The molecule has 0 radical (unpaired) electrons. The van der Waals surface area contributed by atoms with Crippen molar-refractivity contribution in [1.82, 2.24) is 15.2 Å². The molecule has 2 aromatic rings. The number of hydrogen-bond donors (Lipinski definition) is 3. The molecule has 1 amide bonds. The van der Waals surface area contributed by atoms with Gasteiger partial charge in [-0.3, -0.25) is 14.7 Å². The first kappa shape index (κ1) is 20.3. The highest BCUT2D eigenvalue weighted by Gasteiger charge is 2.34. The second-order valence-corrected chi connectivity index (χ2v) is 6.73. The number of carbonyl (C=O) groups excluding carboxylic acids is 1. The summed E-state index contributed by atoms with van der Waals surface area (Å²) in [5.74, 6) is -0.513. The summed E-state index contributed by atoms with van der Waals surface area (Å²) in [7, 11) is 1.54. The molecular weight excluding hydrogens is 392 g/mol. The van der Waals surface area contributed by atoms with Crippen LogP contribution in [0.25, 0.3) is 0 Å². The van der Waals surface area contributed by atoms with E-state index < -0.39 is 12.0 Å². The molecule has 29 heavy (non-hydrogen) atoms. The van der Waals surface area contributed by atoms with Gasteiger partial charge in [-0.05, 0) is 18.2 Å². The molecule has 150 valence electrons. The SMILES string of the molecule is COc1cnccc1CNC1=CN(C(=O)O)CC(=O)C1C(=S)Nc1ccccc1. The number of ketones is 1. The van der Waals surface area contributed by atoms with Crippen molar-refractivity contribution in [3.05, 3.63) is 66.3 Å². The van der Waals surface area contributed by atoms with E-state index in [0.29, 0.717) is 23.0 Å². The number of ether oxygens (including phenoxy) is 1. The Morgan fingerprint density at radius 1 is 1.34 bits per heavy atom. The number of anilines is 1. The van der Waals surface area contributed by atoms with E-state index in [0.717, 1.165) is 16.2 Å². The molecule has 1 aromatic heterocycles. The number of methoxy groups -OCH3 is 1. The third kappa shape index (κ3) is 4.88. The molecule has 3 N–H and O–H groups in total. The number of carbonyl (C=O) groups is 2. The molecular formula is C20H20N4O4S. The van der Waals surface area contributed by atoms with E-state index >= 15 is 0 Å². The first-order valence-corrected chi connectivity index (χ1v) is 9.21. The first-order valence-electron chi connectivity index (χ1n) is 8.80. The van der Waals surface area contributed by atoms with Gasteiger partial charge in [-0.2, -0.15) is 0 Å². The summed E-state index contributed by atoms with van der Waals surface area (Å²) in [5, 5.41) is 15.5. The zero-order valence-corrected chi connectivity index (χ0v) is 16.5. The normalized spacial score (nSPS) is 16.0. The van der Waals surface area contributed by atoms with Crippen molar-refractivity contribution < 1.29 is 19.4 Å². The second kappa shape index (κ2) is 9.16. The molecule has 0 saturated heterocycles. The number of pyridine rings is 1. The lowest BCUT2D eigenvalue weighted by molar-refractivity contribution is -0.121. The Morgan fingerprint density at radius 3 is 2.79 bits per heavy atom. The lowest BCUT2D eigenvalue weighted by atomic mass is 9.96. The second-order valence-electron chi connectivity index (χ2n) is 6.29. The quantitative estimate of drug-likeness (QED) is 0.622. The predicted molar refractivity (Wildman–Crippen MR) is 112 cm³/mol. The Kier molecular flexibility index (Phi) is 6.40. The van der Waals surface area contributed by atoms with Crippen molar-refractivity contribution in [3.63, 3.8) is 0 Å². The van der Waals surface area contributed by atoms with Crippen LogP contribution in [0.5, 0.6) is 5.75 Å². The van der Waals surface area contributed by atoms with Crippen molar-refractivity contribution >= 4 is 34.8 Å². The zero-order chi connectivity index (χ0) is 20.8. The van der Waals surface area contributed by atoms with Gasteiger partial charge in [0.25, 0.3) is 0 Å². The van der Waals surface area contributed by atoms with E-state index in [4.69, 9.17) is 17.0 Å². The summed E-state index contributed by atoms with van der Waals surface area (Å²) in [5.41, 5.74) is 1.96. The maximum atomic E-state index is 12.7. The summed E-state index contributed by atoms with van der Waals surface area (Å²) >= 11 is 5.48. The van der Waals surface area contributed by atoms with Crippen LogP contribution in [0.1, 0.15) is 5.56 Å². The number of amides is 1. The minimum atomic E-state index is -1.21. The van der Waals surface area contributed by atoms with Crippen LogP contribution in [-0.2, 0) is 11.3 Å². The number of rotatable bonds is 6. The van der Waals surface area contributed by atoms with Crippen molar-refractivity contribution in [3.8, 4) is 5.75 Å². The average Bonchev–Trinajstić information content (AvgIpc) is 2.72. The third-order valence-corrected chi connectivity index (χ3v) is 4.71. The number of hydrogen-bond acceptors (Lipinski definition) is 6. The Hall–Kier alpha value is -3.46. The number of nitrogens with zero attached hydrogens (tertiary/aromatic N) is 2. The van der Waals surface area contributed by atoms with E-state index in [9.17, 15) is 14.7 Å². The van der Waals surface area contributed by atoms with Crippen LogP contribution in [0.4, 0.5) is 10.5 Å². The lowest BCUT2D eigenvalue weighted by Crippen LogP contribution is -2.46. The summed E-state index contributed by atoms with van der Waals surface area (Å²) < 4.78 is 5.29. The van der Waals surface area contributed by atoms with Crippen molar-refractivity contribution in [2.75, 3.05) is 19.0 Å². The van der Waals surface area contributed by atoms with E-state index in [1.165, 1.54) is 13.3 Å². The zero-order valence-electron chi connectivity index (χ0n) is 15.7. The van der Waals surface area contributed by atoms with Gasteiger partial charge in [0, 0.05) is 35.9 Å². The molecule has 2 heterocycles. The van der Waals surface area contributed by atoms with Gasteiger partial charge in [-0.25, -0.2) is 4.79 Å². The largest absolute Gasteiger partial charge is 0.495 e. The van der Waals surface area contributed by atoms with Crippen LogP contribution >= 0.6 is 12.2 Å². The van der Waals surface area contributed by atoms with Gasteiger partial charge in [-0.15, -0.1) is 0 Å². The number of thiocarbonyl (C=S) groups is 1. The molecule has 0 fully saturated rings. The van der Waals surface area contributed by atoms with Crippen LogP contribution in [0, 0.1) is 5.92 Å². The molecule has 0 saturated carbocycles. The molecule has 1 atom stereocenters. The van der Waals surface area contributed by atoms with Gasteiger partial charge < -0.3 is 20.5 Å². The van der Waals surface area contributed by atoms with Gasteiger partial charge in [0.2, 0.25) is 0 Å². The van der Waals surface area contributed by atoms with Gasteiger partial charge in [0.15, 0.2) is 5.78 Å². The van der Waals surface area contributed by atoms with Crippen LogP contribution in [0.15, 0.2) is 60.7 Å². The highest BCUT2D eigenvalue weighted by Crippen LogP contribution is 2.23. The van der Waals surface area contributed by atoms with Gasteiger partial charge in [0.05, 0.1) is 24.8 Å². The average molecular weight is 412 g/mol. The summed E-state index contributed by atoms with van der Waals surface area (Å²) in [6.45, 7) is 0.0447. The monoisotopic (exact) mass is 412 g/mol. The predicted octanol–water partition coefficient (Wildman–Crippen LogP) is 2.64. The molecule has 8 nitrogen and oxygen atoms in total. The van der Waals surface area contributed by atoms with Crippen LogP contribution in [0.3, 0.4) is 0 Å². The summed E-state index contributed by atoms with van der Waals surface area (Å²) in [6, 6.07) is 11.0. The lowest BCUT2D eigenvalue weighted by Gasteiger charge is -2.30. The fraction of sp³-hybridized carbons (Fsp3) is 0.200. The third-order valence-electron chi connectivity index (χ3n) is 4.38. The van der Waals surface area contributed by atoms with E-state index in [1.54, 1.807) is 18.5 Å². The molecule has 0 bridgehead atoms. The fourth-order valence-corrected chi connectivity index (χ4v) is 3.33. The number of benzene rings is 1. The number of aromatic nitrogens is 1. The van der Waals surface area contributed by atoms with Crippen LogP contribution in [0.2, 0.25) is 0 Å². The summed E-state index contributed by atoms with van der Waals surface area (Å²) in [6.07, 6.45) is 3.41. The number of carboxylic acid groups (broad SMARTS) is 1. The highest BCUT2D eigenvalue weighted by molar-refractivity contribution is 7.80. The molecule has 0 aliphatic carbocycles. The van der Waals surface area contributed by atoms with Crippen molar-refractivity contribution in [2.24, 2.45) is 5.92 Å². The Labute approximate surface area is 173 Å². The van der Waals surface area contributed by atoms with E-state index in [1.807, 2.05) is 30.3 Å². The molecule has 1 aliphatic heterocycles. The van der Waals surface area contributed by atoms with Crippen molar-refractivity contribution in [1.29, 1.82) is 0 Å². The number of nitrogens with one attached hydrogen (secondary N) is 2. The Morgan fingerprint density at radius 2 is 2.10 bits per heavy atom.